The average molecular weight is 484 g/mol. The summed E-state index contributed by atoms with van der Waals surface area (Å²) in [6, 6.07) is 0. The van der Waals surface area contributed by atoms with Gasteiger partial charge in [0.25, 0.3) is 0 Å². The van der Waals surface area contributed by atoms with Gasteiger partial charge >= 0.3 is 5.97 Å². The minimum Gasteiger partial charge on any atom is -0.481 e. The van der Waals surface area contributed by atoms with Crippen LogP contribution >= 0.6 is 21.6 Å². The summed E-state index contributed by atoms with van der Waals surface area (Å²) < 4.78 is 15.7. The Kier molecular flexibility index (Phi) is 19.4. The lowest BCUT2D eigenvalue weighted by Gasteiger charge is -2.15. The minimum absolute atomic E-state index is 0.0274. The molecule has 0 aliphatic rings. The molecule has 11 nitrogen and oxygen atoms in total. The van der Waals surface area contributed by atoms with Crippen LogP contribution in [0.5, 0.6) is 0 Å². The van der Waals surface area contributed by atoms with Crippen LogP contribution < -0.4 is 16.0 Å². The smallest absolute Gasteiger partial charge is 0.305 e. The molecule has 0 spiro atoms. The van der Waals surface area contributed by atoms with E-state index in [1.807, 2.05) is 0 Å². The molecule has 0 saturated carbocycles. The van der Waals surface area contributed by atoms with Gasteiger partial charge in [-0.1, -0.05) is 21.6 Å². The summed E-state index contributed by atoms with van der Waals surface area (Å²) in [4.78, 5) is 44.4. The highest BCUT2D eigenvalue weighted by Crippen LogP contribution is 2.31. The first kappa shape index (κ1) is 29.5. The van der Waals surface area contributed by atoms with Crippen molar-refractivity contribution in [2.45, 2.75) is 30.8 Å². The summed E-state index contributed by atoms with van der Waals surface area (Å²) in [7, 11) is 2.63. The van der Waals surface area contributed by atoms with E-state index in [2.05, 4.69) is 16.0 Å². The number of rotatable bonds is 21. The van der Waals surface area contributed by atoms with Gasteiger partial charge in [0.05, 0.1) is 56.6 Å². The molecule has 2 unspecified atom stereocenters. The van der Waals surface area contributed by atoms with Gasteiger partial charge in [-0.15, -0.1) is 0 Å². The van der Waals surface area contributed by atoms with Crippen LogP contribution in [-0.4, -0.2) is 99.1 Å². The fraction of sp³-hybridized carbons (Fsp3) is 0.778. The number of hydrogen-bond donors (Lipinski definition) is 4. The molecule has 2 atom stereocenters. The number of hydrogen-bond acceptors (Lipinski definition) is 9. The van der Waals surface area contributed by atoms with E-state index in [-0.39, 0.29) is 35.3 Å². The molecule has 0 saturated heterocycles. The summed E-state index contributed by atoms with van der Waals surface area (Å²) in [5.74, 6) is -1.19. The highest BCUT2D eigenvalue weighted by molar-refractivity contribution is 8.77. The van der Waals surface area contributed by atoms with Crippen molar-refractivity contribution in [2.24, 2.45) is 0 Å². The summed E-state index contributed by atoms with van der Waals surface area (Å²) in [6.07, 6.45) is 0.546. The molecule has 4 N–H and O–H groups in total. The van der Waals surface area contributed by atoms with Crippen molar-refractivity contribution in [1.82, 2.24) is 16.0 Å². The third kappa shape index (κ3) is 18.9. The first-order valence-corrected chi connectivity index (χ1v) is 12.2. The predicted molar refractivity (Wildman–Crippen MR) is 119 cm³/mol. The molecular formula is C18H33N3O8S2. The second-order valence-electron chi connectivity index (χ2n) is 6.11. The largest absolute Gasteiger partial charge is 0.481 e. The summed E-state index contributed by atoms with van der Waals surface area (Å²) in [6.45, 7) is 6.56. The second kappa shape index (κ2) is 20.4. The lowest BCUT2D eigenvalue weighted by Crippen LogP contribution is -2.36. The molecule has 0 bridgehead atoms. The van der Waals surface area contributed by atoms with Crippen molar-refractivity contribution in [3.05, 3.63) is 0 Å². The molecule has 0 aromatic heterocycles. The van der Waals surface area contributed by atoms with E-state index in [4.69, 9.17) is 19.3 Å². The first-order chi connectivity index (χ1) is 14.9. The van der Waals surface area contributed by atoms with Gasteiger partial charge in [-0.3, -0.25) is 19.2 Å². The molecule has 3 amide bonds. The number of amides is 3. The van der Waals surface area contributed by atoms with Crippen LogP contribution in [0, 0.1) is 0 Å². The third-order valence-electron chi connectivity index (χ3n) is 3.48. The maximum absolute atomic E-state index is 12.1. The van der Waals surface area contributed by atoms with Crippen LogP contribution in [0.3, 0.4) is 0 Å². The van der Waals surface area contributed by atoms with E-state index >= 15 is 0 Å². The normalized spacial score (nSPS) is 12.6. The van der Waals surface area contributed by atoms with Crippen molar-refractivity contribution < 1.29 is 38.5 Å². The van der Waals surface area contributed by atoms with Gasteiger partial charge in [-0.05, 0) is 13.8 Å². The average Bonchev–Trinajstić information content (AvgIpc) is 2.74. The van der Waals surface area contributed by atoms with Crippen molar-refractivity contribution in [1.29, 1.82) is 0 Å². The minimum atomic E-state index is -0.897. The Morgan fingerprint density at radius 3 is 1.81 bits per heavy atom. The van der Waals surface area contributed by atoms with Gasteiger partial charge in [-0.2, -0.15) is 0 Å². The highest BCUT2D eigenvalue weighted by Gasteiger charge is 2.18. The van der Waals surface area contributed by atoms with Crippen LogP contribution in [0.15, 0.2) is 0 Å². The Labute approximate surface area is 190 Å². The Morgan fingerprint density at radius 2 is 1.29 bits per heavy atom. The van der Waals surface area contributed by atoms with Gasteiger partial charge in [0.2, 0.25) is 18.2 Å². The third-order valence-corrected chi connectivity index (χ3v) is 6.67. The number of nitrogens with one attached hydrogen (secondary N) is 3. The molecule has 0 aromatic carbocycles. The fourth-order valence-electron chi connectivity index (χ4n) is 1.81. The summed E-state index contributed by atoms with van der Waals surface area (Å²) >= 11 is 0. The number of carbonyl (C=O) groups is 4. The SMILES string of the molecule is CC(SSC(C)C(=O)NCCOCCOCCOCCC(=O)O)C(=O)NCCNC=O. The number of carboxylic acids is 1. The quantitative estimate of drug-likeness (QED) is 0.0968. The Morgan fingerprint density at radius 1 is 0.806 bits per heavy atom. The molecular weight excluding hydrogens is 450 g/mol. The molecule has 0 radical (unpaired) electrons. The molecule has 31 heavy (non-hydrogen) atoms. The van der Waals surface area contributed by atoms with Crippen LogP contribution in [0.1, 0.15) is 20.3 Å². The molecule has 0 rings (SSSR count). The zero-order valence-electron chi connectivity index (χ0n) is 17.9. The zero-order valence-corrected chi connectivity index (χ0v) is 19.6. The molecule has 0 aliphatic carbocycles. The lowest BCUT2D eigenvalue weighted by atomic mass is 10.4. The molecule has 0 fully saturated rings. The second-order valence-corrected chi connectivity index (χ2v) is 9.07. The lowest BCUT2D eigenvalue weighted by molar-refractivity contribution is -0.138. The zero-order chi connectivity index (χ0) is 23.3. The van der Waals surface area contributed by atoms with E-state index in [0.29, 0.717) is 59.1 Å². The van der Waals surface area contributed by atoms with E-state index < -0.39 is 5.97 Å². The van der Waals surface area contributed by atoms with E-state index in [1.165, 1.54) is 21.6 Å². The summed E-state index contributed by atoms with van der Waals surface area (Å²) in [5.41, 5.74) is 0. The van der Waals surface area contributed by atoms with Crippen molar-refractivity contribution >= 4 is 45.8 Å². The van der Waals surface area contributed by atoms with E-state index in [9.17, 15) is 19.2 Å². The van der Waals surface area contributed by atoms with Crippen molar-refractivity contribution in [3.63, 3.8) is 0 Å². The molecule has 180 valence electrons. The Bertz CT molecular complexity index is 528. The number of carbonyl (C=O) groups excluding carboxylic acids is 3. The Balaban J connectivity index is 3.59. The highest BCUT2D eigenvalue weighted by atomic mass is 33.1. The monoisotopic (exact) mass is 483 g/mol. The molecule has 0 aliphatic heterocycles. The maximum atomic E-state index is 12.1. The molecule has 0 heterocycles. The van der Waals surface area contributed by atoms with Crippen molar-refractivity contribution in [2.75, 3.05) is 59.3 Å². The fourth-order valence-corrected chi connectivity index (χ4v) is 4.01. The Hall–Kier alpha value is -1.54. The topological polar surface area (TPSA) is 152 Å². The van der Waals surface area contributed by atoms with Gasteiger partial charge < -0.3 is 35.3 Å². The number of ether oxygens (including phenoxy) is 3. The predicted octanol–water partition coefficient (Wildman–Crippen LogP) is -0.352. The first-order valence-electron chi connectivity index (χ1n) is 9.88. The van der Waals surface area contributed by atoms with Gasteiger partial charge in [-0.25, -0.2) is 0 Å². The summed E-state index contributed by atoms with van der Waals surface area (Å²) in [5, 5.41) is 15.7. The standard InChI is InChI=1S/C18H33N3O8S2/c1-14(17(25)20-5-4-19-13-22)30-31-15(2)18(26)21-6-8-28-10-12-29-11-9-27-7-3-16(23)24/h13-15H,3-12H2,1-2H3,(H,19,22)(H,20,25)(H,21,26)(H,23,24). The van der Waals surface area contributed by atoms with E-state index in [1.54, 1.807) is 13.8 Å². The maximum Gasteiger partial charge on any atom is 0.305 e. The van der Waals surface area contributed by atoms with Crippen LogP contribution in [0.4, 0.5) is 0 Å². The number of aliphatic carboxylic acids is 1. The van der Waals surface area contributed by atoms with E-state index in [0.717, 1.165) is 0 Å². The van der Waals surface area contributed by atoms with Crippen LogP contribution in [-0.2, 0) is 33.4 Å². The van der Waals surface area contributed by atoms with Crippen molar-refractivity contribution in [3.8, 4) is 0 Å². The molecule has 13 heteroatoms. The van der Waals surface area contributed by atoms with Crippen LogP contribution in [0.25, 0.3) is 0 Å². The van der Waals surface area contributed by atoms with Gasteiger partial charge in [0, 0.05) is 19.6 Å². The van der Waals surface area contributed by atoms with Crippen LogP contribution in [0.2, 0.25) is 0 Å². The number of carboxylic acid groups (broad SMARTS) is 1. The molecule has 0 aromatic rings. The van der Waals surface area contributed by atoms with Gasteiger partial charge in [0.1, 0.15) is 0 Å². The van der Waals surface area contributed by atoms with Gasteiger partial charge in [0.15, 0.2) is 0 Å².